The number of methoxy groups -OCH3 is 1. The predicted molar refractivity (Wildman–Crippen MR) is 111 cm³/mol. The molecule has 0 aliphatic heterocycles. The molecular formula is C19H26ClN4OS+. The molecule has 0 saturated heterocycles. The van der Waals surface area contributed by atoms with Gasteiger partial charge in [-0.2, -0.15) is 0 Å². The summed E-state index contributed by atoms with van der Waals surface area (Å²) >= 11 is 11.9. The Hall–Kier alpha value is -1.89. The van der Waals surface area contributed by atoms with E-state index in [4.69, 9.17) is 28.6 Å². The molecule has 7 heteroatoms. The zero-order chi connectivity index (χ0) is 19.1. The molecule has 1 aromatic carbocycles. The van der Waals surface area contributed by atoms with E-state index in [-0.39, 0.29) is 6.04 Å². The summed E-state index contributed by atoms with van der Waals surface area (Å²) in [5.74, 6) is 0.639. The number of hydrogen-bond donors (Lipinski definition) is 2. The molecule has 0 aliphatic rings. The Labute approximate surface area is 165 Å². The second kappa shape index (κ2) is 9.71. The number of pyridine rings is 1. The number of ether oxygens (including phenoxy) is 1. The van der Waals surface area contributed by atoms with Gasteiger partial charge in [-0.05, 0) is 49.0 Å². The Morgan fingerprint density at radius 1 is 1.38 bits per heavy atom. The lowest BCUT2D eigenvalue weighted by atomic mass is 10.1. The summed E-state index contributed by atoms with van der Waals surface area (Å²) in [6.45, 7) is 3.93. The van der Waals surface area contributed by atoms with Gasteiger partial charge in [-0.1, -0.05) is 17.7 Å². The normalized spacial score (nSPS) is 11.9. The van der Waals surface area contributed by atoms with Gasteiger partial charge in [0.1, 0.15) is 5.75 Å². The highest BCUT2D eigenvalue weighted by Crippen LogP contribution is 2.28. The van der Waals surface area contributed by atoms with E-state index < -0.39 is 0 Å². The monoisotopic (exact) mass is 393 g/mol. The van der Waals surface area contributed by atoms with Crippen molar-refractivity contribution in [1.82, 2.24) is 9.88 Å². The van der Waals surface area contributed by atoms with E-state index in [1.54, 1.807) is 13.3 Å². The summed E-state index contributed by atoms with van der Waals surface area (Å²) in [4.78, 5) is 7.77. The summed E-state index contributed by atoms with van der Waals surface area (Å²) in [5, 5.41) is 4.50. The molecule has 5 nitrogen and oxygen atoms in total. The minimum Gasteiger partial charge on any atom is -0.495 e. The van der Waals surface area contributed by atoms with Crippen LogP contribution in [0.2, 0.25) is 5.02 Å². The van der Waals surface area contributed by atoms with E-state index in [1.165, 1.54) is 4.90 Å². The quantitative estimate of drug-likeness (QED) is 0.708. The van der Waals surface area contributed by atoms with E-state index in [1.807, 2.05) is 30.5 Å². The summed E-state index contributed by atoms with van der Waals surface area (Å²) in [6, 6.07) is 9.67. The van der Waals surface area contributed by atoms with Gasteiger partial charge < -0.3 is 19.9 Å². The molecule has 140 valence electrons. The fourth-order valence-corrected chi connectivity index (χ4v) is 3.18. The van der Waals surface area contributed by atoms with E-state index in [2.05, 4.69) is 42.3 Å². The number of likely N-dealkylation sites (N-methyl/N-ethyl adjacent to an activating group) is 1. The minimum absolute atomic E-state index is 0.108. The average Bonchev–Trinajstić information content (AvgIpc) is 2.62. The standard InChI is InChI=1S/C19H25ClN4OS/c1-14(15-6-5-9-21-13-15)24(11-10-23(2)3)19(26)22-16-7-8-18(25-4)17(20)12-16/h5-9,12-14H,10-11H2,1-4H3,(H,22,26)/p+1. The Morgan fingerprint density at radius 2 is 2.15 bits per heavy atom. The van der Waals surface area contributed by atoms with E-state index in [0.29, 0.717) is 15.9 Å². The fraction of sp³-hybridized carbons (Fsp3) is 0.368. The second-order valence-corrected chi connectivity index (χ2v) is 7.19. The summed E-state index contributed by atoms with van der Waals surface area (Å²) in [5.41, 5.74) is 1.96. The maximum Gasteiger partial charge on any atom is 0.174 e. The maximum atomic E-state index is 6.22. The number of hydrogen-bond acceptors (Lipinski definition) is 3. The van der Waals surface area contributed by atoms with Crippen molar-refractivity contribution in [2.75, 3.05) is 39.6 Å². The molecule has 2 aromatic rings. The molecule has 0 amide bonds. The van der Waals surface area contributed by atoms with Crippen LogP contribution in [0.4, 0.5) is 5.69 Å². The van der Waals surface area contributed by atoms with Gasteiger partial charge >= 0.3 is 0 Å². The van der Waals surface area contributed by atoms with Crippen molar-refractivity contribution in [3.63, 3.8) is 0 Å². The van der Waals surface area contributed by atoms with Crippen molar-refractivity contribution in [1.29, 1.82) is 0 Å². The van der Waals surface area contributed by atoms with Gasteiger partial charge in [0.15, 0.2) is 5.11 Å². The lowest BCUT2D eigenvalue weighted by Crippen LogP contribution is -3.06. The molecule has 0 bridgehead atoms. The van der Waals surface area contributed by atoms with Gasteiger partial charge in [-0.25, -0.2) is 0 Å². The number of halogens is 1. The molecule has 26 heavy (non-hydrogen) atoms. The first-order valence-electron chi connectivity index (χ1n) is 8.52. The lowest BCUT2D eigenvalue weighted by Gasteiger charge is -2.32. The van der Waals surface area contributed by atoms with Crippen molar-refractivity contribution in [3.8, 4) is 5.75 Å². The van der Waals surface area contributed by atoms with Gasteiger partial charge in [0.25, 0.3) is 0 Å². The van der Waals surface area contributed by atoms with Crippen LogP contribution in [0.5, 0.6) is 5.75 Å². The van der Waals surface area contributed by atoms with Gasteiger partial charge in [0.2, 0.25) is 0 Å². The van der Waals surface area contributed by atoms with E-state index in [0.717, 1.165) is 24.3 Å². The Morgan fingerprint density at radius 3 is 2.73 bits per heavy atom. The molecule has 0 radical (unpaired) electrons. The number of aromatic nitrogens is 1. The maximum absolute atomic E-state index is 6.22. The predicted octanol–water partition coefficient (Wildman–Crippen LogP) is 2.65. The molecule has 2 N–H and O–H groups in total. The molecule has 1 atom stereocenters. The number of quaternary nitrogens is 1. The summed E-state index contributed by atoms with van der Waals surface area (Å²) < 4.78 is 5.20. The van der Waals surface area contributed by atoms with E-state index >= 15 is 0 Å². The zero-order valence-corrected chi connectivity index (χ0v) is 17.2. The fourth-order valence-electron chi connectivity index (χ4n) is 2.56. The Bertz CT molecular complexity index is 727. The van der Waals surface area contributed by atoms with Gasteiger partial charge in [0, 0.05) is 18.1 Å². The third-order valence-electron chi connectivity index (χ3n) is 4.15. The number of thiocarbonyl (C=S) groups is 1. The molecular weight excluding hydrogens is 368 g/mol. The number of benzene rings is 1. The first kappa shape index (κ1) is 20.4. The zero-order valence-electron chi connectivity index (χ0n) is 15.6. The van der Waals surface area contributed by atoms with Gasteiger partial charge in [0.05, 0.1) is 45.4 Å². The minimum atomic E-state index is 0.108. The second-order valence-electron chi connectivity index (χ2n) is 6.39. The molecule has 2 rings (SSSR count). The largest absolute Gasteiger partial charge is 0.495 e. The average molecular weight is 394 g/mol. The number of rotatable bonds is 7. The van der Waals surface area contributed by atoms with Crippen LogP contribution in [0.15, 0.2) is 42.7 Å². The molecule has 1 unspecified atom stereocenters. The topological polar surface area (TPSA) is 41.8 Å². The molecule has 0 fully saturated rings. The molecule has 1 heterocycles. The summed E-state index contributed by atoms with van der Waals surface area (Å²) in [7, 11) is 5.86. The number of nitrogens with zero attached hydrogens (tertiary/aromatic N) is 2. The first-order valence-corrected chi connectivity index (χ1v) is 9.31. The third-order valence-corrected chi connectivity index (χ3v) is 4.78. The van der Waals surface area contributed by atoms with Crippen LogP contribution in [0.3, 0.4) is 0 Å². The van der Waals surface area contributed by atoms with Crippen LogP contribution in [-0.2, 0) is 0 Å². The highest BCUT2D eigenvalue weighted by atomic mass is 35.5. The highest BCUT2D eigenvalue weighted by Gasteiger charge is 2.20. The van der Waals surface area contributed by atoms with Gasteiger partial charge in [-0.3, -0.25) is 4.98 Å². The van der Waals surface area contributed by atoms with E-state index in [9.17, 15) is 0 Å². The van der Waals surface area contributed by atoms with Crippen LogP contribution in [0.1, 0.15) is 18.5 Å². The van der Waals surface area contributed by atoms with Crippen LogP contribution in [-0.4, -0.2) is 49.3 Å². The van der Waals surface area contributed by atoms with Crippen LogP contribution in [0, 0.1) is 0 Å². The third kappa shape index (κ3) is 5.56. The van der Waals surface area contributed by atoms with Crippen molar-refractivity contribution in [3.05, 3.63) is 53.3 Å². The van der Waals surface area contributed by atoms with Crippen molar-refractivity contribution >= 4 is 34.6 Å². The lowest BCUT2D eigenvalue weighted by molar-refractivity contribution is -0.857. The summed E-state index contributed by atoms with van der Waals surface area (Å²) in [6.07, 6.45) is 3.66. The van der Waals surface area contributed by atoms with Crippen LogP contribution < -0.4 is 15.0 Å². The van der Waals surface area contributed by atoms with Crippen molar-refractivity contribution < 1.29 is 9.64 Å². The molecule has 1 aromatic heterocycles. The Kier molecular flexibility index (Phi) is 7.63. The SMILES string of the molecule is COc1ccc(NC(=S)N(CC[NH+](C)C)C(C)c2cccnc2)cc1Cl. The number of anilines is 1. The molecule has 0 saturated carbocycles. The van der Waals surface area contributed by atoms with Crippen molar-refractivity contribution in [2.24, 2.45) is 0 Å². The highest BCUT2D eigenvalue weighted by molar-refractivity contribution is 7.80. The smallest absolute Gasteiger partial charge is 0.174 e. The van der Waals surface area contributed by atoms with Gasteiger partial charge in [-0.15, -0.1) is 0 Å². The van der Waals surface area contributed by atoms with Crippen LogP contribution >= 0.6 is 23.8 Å². The Balaban J connectivity index is 2.18. The number of nitrogens with one attached hydrogen (secondary N) is 2. The first-order chi connectivity index (χ1) is 12.4. The van der Waals surface area contributed by atoms with Crippen LogP contribution in [0.25, 0.3) is 0 Å². The molecule has 0 spiro atoms. The van der Waals surface area contributed by atoms with Crippen molar-refractivity contribution in [2.45, 2.75) is 13.0 Å². The molecule has 0 aliphatic carbocycles.